The van der Waals surface area contributed by atoms with Gasteiger partial charge in [-0.1, -0.05) is 138 Å². The lowest BCUT2D eigenvalue weighted by atomic mass is 9.69. The Hall–Kier alpha value is -1.43. The van der Waals surface area contributed by atoms with Crippen LogP contribution in [0.15, 0.2) is 36.4 Å². The van der Waals surface area contributed by atoms with Crippen LogP contribution in [0.3, 0.4) is 0 Å². The molecule has 0 nitrogen and oxygen atoms in total. The highest BCUT2D eigenvalue weighted by Gasteiger charge is 2.42. The first-order valence-electron chi connectivity index (χ1n) is 12.9. The molecule has 31 heavy (non-hydrogen) atoms. The van der Waals surface area contributed by atoms with Crippen molar-refractivity contribution in [2.45, 2.75) is 109 Å². The first kappa shape index (κ1) is 24.2. The average Bonchev–Trinajstić information content (AvgIpc) is 3.02. The standard InChI is InChI=1S/C29H40B2/c1-3-5-7-9-11-13-19-29(20-14-12-10-8-6-4-2)27-21-23(30)15-17-25(27)26-18-16-24(31)22-28(26)29/h15-18,21-22H,3-14,19-20H2,1-2H3. The molecule has 0 aliphatic heterocycles. The van der Waals surface area contributed by atoms with E-state index in [0.717, 1.165) is 10.9 Å². The van der Waals surface area contributed by atoms with E-state index in [9.17, 15) is 0 Å². The molecule has 1 aliphatic carbocycles. The Balaban J connectivity index is 1.85. The smallest absolute Gasteiger partial charge is 0.0963 e. The molecule has 0 bridgehead atoms. The maximum Gasteiger partial charge on any atom is 0.113 e. The van der Waals surface area contributed by atoms with Crippen molar-refractivity contribution in [3.8, 4) is 11.1 Å². The third-order valence-electron chi connectivity index (χ3n) is 7.32. The van der Waals surface area contributed by atoms with Gasteiger partial charge in [-0.25, -0.2) is 0 Å². The second-order valence-corrected chi connectivity index (χ2v) is 9.73. The van der Waals surface area contributed by atoms with Crippen LogP contribution in [0.2, 0.25) is 0 Å². The van der Waals surface area contributed by atoms with Gasteiger partial charge in [0.15, 0.2) is 0 Å². The van der Waals surface area contributed by atoms with Gasteiger partial charge in [0.25, 0.3) is 0 Å². The van der Waals surface area contributed by atoms with E-state index in [1.54, 1.807) is 0 Å². The highest BCUT2D eigenvalue weighted by atomic mass is 14.4. The van der Waals surface area contributed by atoms with Gasteiger partial charge in [0.2, 0.25) is 0 Å². The molecular formula is C29H40B2. The van der Waals surface area contributed by atoms with Gasteiger partial charge < -0.3 is 0 Å². The molecule has 0 fully saturated rings. The van der Waals surface area contributed by atoms with E-state index in [1.165, 1.54) is 112 Å². The van der Waals surface area contributed by atoms with Crippen molar-refractivity contribution in [1.82, 2.24) is 0 Å². The lowest BCUT2D eigenvalue weighted by Gasteiger charge is -2.33. The molecule has 0 saturated carbocycles. The lowest BCUT2D eigenvalue weighted by molar-refractivity contribution is 0.398. The van der Waals surface area contributed by atoms with Crippen molar-refractivity contribution in [2.75, 3.05) is 0 Å². The molecule has 0 spiro atoms. The van der Waals surface area contributed by atoms with Gasteiger partial charge in [-0.15, -0.1) is 0 Å². The van der Waals surface area contributed by atoms with E-state index < -0.39 is 0 Å². The highest BCUT2D eigenvalue weighted by Crippen LogP contribution is 2.53. The summed E-state index contributed by atoms with van der Waals surface area (Å²) in [7, 11) is 12.6. The minimum atomic E-state index is 0.0743. The van der Waals surface area contributed by atoms with Crippen molar-refractivity contribution >= 4 is 26.6 Å². The molecule has 1 aliphatic rings. The summed E-state index contributed by atoms with van der Waals surface area (Å²) in [5, 5.41) is 0. The molecule has 2 aromatic carbocycles. The van der Waals surface area contributed by atoms with Gasteiger partial charge in [-0.2, -0.15) is 0 Å². The predicted octanol–water partition coefficient (Wildman–Crippen LogP) is 7.04. The molecule has 0 unspecified atom stereocenters. The third kappa shape index (κ3) is 5.88. The predicted molar refractivity (Wildman–Crippen MR) is 139 cm³/mol. The molecule has 3 rings (SSSR count). The average molecular weight is 410 g/mol. The van der Waals surface area contributed by atoms with E-state index in [0.29, 0.717) is 0 Å². The Labute approximate surface area is 194 Å². The van der Waals surface area contributed by atoms with Gasteiger partial charge in [-0.3, -0.25) is 0 Å². The molecule has 0 N–H and O–H groups in total. The van der Waals surface area contributed by atoms with E-state index in [2.05, 4.69) is 50.2 Å². The summed E-state index contributed by atoms with van der Waals surface area (Å²) in [6.45, 7) is 4.58. The van der Waals surface area contributed by atoms with Crippen molar-refractivity contribution < 1.29 is 0 Å². The molecule has 0 aromatic heterocycles. The van der Waals surface area contributed by atoms with Gasteiger partial charge in [0.05, 0.1) is 0 Å². The number of benzene rings is 2. The largest absolute Gasteiger partial charge is 0.113 e. The molecule has 2 aromatic rings. The fourth-order valence-electron chi connectivity index (χ4n) is 5.61. The zero-order valence-corrected chi connectivity index (χ0v) is 20.0. The summed E-state index contributed by atoms with van der Waals surface area (Å²) in [5.41, 5.74) is 7.50. The van der Waals surface area contributed by atoms with Crippen LogP contribution in [-0.4, -0.2) is 15.7 Å². The molecule has 162 valence electrons. The number of unbranched alkanes of at least 4 members (excludes halogenated alkanes) is 10. The van der Waals surface area contributed by atoms with Crippen molar-refractivity contribution in [3.05, 3.63) is 47.5 Å². The zero-order chi connectivity index (χ0) is 22.1. The maximum atomic E-state index is 6.31. The summed E-state index contributed by atoms with van der Waals surface area (Å²) in [6, 6.07) is 13.1. The Bertz CT molecular complexity index is 754. The molecule has 4 radical (unpaired) electrons. The highest BCUT2D eigenvalue weighted by molar-refractivity contribution is 6.33. The normalized spacial score (nSPS) is 13.9. The minimum absolute atomic E-state index is 0.0743. The number of rotatable bonds is 14. The Morgan fingerprint density at radius 1 is 0.548 bits per heavy atom. The SMILES string of the molecule is [B]c1ccc2c(c1)C(CCCCCCCC)(CCCCCCCC)c1cc([B])ccc1-2. The molecule has 0 heterocycles. The van der Waals surface area contributed by atoms with Gasteiger partial charge in [-0.05, 0) is 35.1 Å². The van der Waals surface area contributed by atoms with E-state index in [-0.39, 0.29) is 5.41 Å². The summed E-state index contributed by atoms with van der Waals surface area (Å²) in [6.07, 6.45) is 18.4. The molecule has 2 heteroatoms. The minimum Gasteiger partial charge on any atom is -0.0963 e. The van der Waals surface area contributed by atoms with Crippen LogP contribution in [0.25, 0.3) is 11.1 Å². The van der Waals surface area contributed by atoms with Crippen molar-refractivity contribution in [1.29, 1.82) is 0 Å². The molecule has 0 saturated heterocycles. The number of fused-ring (bicyclic) bond motifs is 3. The van der Waals surface area contributed by atoms with Crippen LogP contribution in [0.4, 0.5) is 0 Å². The monoisotopic (exact) mass is 410 g/mol. The van der Waals surface area contributed by atoms with Gasteiger partial charge >= 0.3 is 0 Å². The van der Waals surface area contributed by atoms with Gasteiger partial charge in [0, 0.05) is 5.41 Å². The zero-order valence-electron chi connectivity index (χ0n) is 20.0. The van der Waals surface area contributed by atoms with E-state index >= 15 is 0 Å². The van der Waals surface area contributed by atoms with Crippen LogP contribution in [0.1, 0.15) is 115 Å². The molecular weight excluding hydrogens is 370 g/mol. The Morgan fingerprint density at radius 3 is 1.35 bits per heavy atom. The fraction of sp³-hybridized carbons (Fsp3) is 0.586. The quantitative estimate of drug-likeness (QED) is 0.231. The second kappa shape index (κ2) is 12.0. The summed E-state index contributed by atoms with van der Waals surface area (Å²) in [4.78, 5) is 0. The summed E-state index contributed by atoms with van der Waals surface area (Å²) < 4.78 is 0. The van der Waals surface area contributed by atoms with E-state index in [1.807, 2.05) is 0 Å². The van der Waals surface area contributed by atoms with Crippen LogP contribution in [0, 0.1) is 0 Å². The first-order valence-corrected chi connectivity index (χ1v) is 12.9. The number of hydrogen-bond acceptors (Lipinski definition) is 0. The van der Waals surface area contributed by atoms with Crippen LogP contribution >= 0.6 is 0 Å². The maximum absolute atomic E-state index is 6.31. The second-order valence-electron chi connectivity index (χ2n) is 9.73. The fourth-order valence-corrected chi connectivity index (χ4v) is 5.61. The lowest BCUT2D eigenvalue weighted by Crippen LogP contribution is -2.27. The first-order chi connectivity index (χ1) is 15.1. The van der Waals surface area contributed by atoms with Crippen molar-refractivity contribution in [2.24, 2.45) is 0 Å². The Morgan fingerprint density at radius 2 is 0.935 bits per heavy atom. The third-order valence-corrected chi connectivity index (χ3v) is 7.32. The van der Waals surface area contributed by atoms with Crippen LogP contribution < -0.4 is 10.9 Å². The topological polar surface area (TPSA) is 0 Å². The number of hydrogen-bond donors (Lipinski definition) is 0. The summed E-state index contributed by atoms with van der Waals surface area (Å²) in [5.74, 6) is 0. The molecule has 0 atom stereocenters. The van der Waals surface area contributed by atoms with E-state index in [4.69, 9.17) is 15.7 Å². The molecule has 0 amide bonds. The Kier molecular flexibility index (Phi) is 9.36. The van der Waals surface area contributed by atoms with Crippen LogP contribution in [0.5, 0.6) is 0 Å². The summed E-state index contributed by atoms with van der Waals surface area (Å²) >= 11 is 0. The van der Waals surface area contributed by atoms with Crippen LogP contribution in [-0.2, 0) is 5.41 Å². The van der Waals surface area contributed by atoms with Gasteiger partial charge in [0.1, 0.15) is 15.7 Å². The van der Waals surface area contributed by atoms with Crippen molar-refractivity contribution in [3.63, 3.8) is 0 Å².